The van der Waals surface area contributed by atoms with Crippen LogP contribution in [0.5, 0.6) is 5.75 Å². The summed E-state index contributed by atoms with van der Waals surface area (Å²) < 4.78 is 40.3. The first-order valence-electron chi connectivity index (χ1n) is 8.79. The molecule has 0 spiro atoms. The number of ether oxygens (including phenoxy) is 2. The minimum atomic E-state index is -3.55. The van der Waals surface area contributed by atoms with Gasteiger partial charge in [-0.05, 0) is 30.2 Å². The van der Waals surface area contributed by atoms with Gasteiger partial charge in [-0.25, -0.2) is 13.1 Å². The van der Waals surface area contributed by atoms with Crippen LogP contribution in [0.15, 0.2) is 35.4 Å². The van der Waals surface area contributed by atoms with Gasteiger partial charge in [0.2, 0.25) is 10.0 Å². The maximum absolute atomic E-state index is 12.4. The lowest BCUT2D eigenvalue weighted by molar-refractivity contribution is 0.109. The monoisotopic (exact) mass is 379 g/mol. The number of nitrogens with one attached hydrogen (secondary N) is 1. The second-order valence-electron chi connectivity index (χ2n) is 6.72. The molecule has 0 bridgehead atoms. The van der Waals surface area contributed by atoms with Crippen LogP contribution >= 0.6 is 0 Å². The summed E-state index contributed by atoms with van der Waals surface area (Å²) in [5, 5.41) is 4.32. The molecule has 142 valence electrons. The van der Waals surface area contributed by atoms with Gasteiger partial charge in [0, 0.05) is 24.2 Å². The van der Waals surface area contributed by atoms with Gasteiger partial charge in [0.15, 0.2) is 0 Å². The van der Waals surface area contributed by atoms with Crippen LogP contribution in [0.2, 0.25) is 0 Å². The maximum atomic E-state index is 12.4. The lowest BCUT2D eigenvalue weighted by atomic mass is 10.2. The third-order valence-corrected chi connectivity index (χ3v) is 5.59. The Balaban J connectivity index is 1.56. The van der Waals surface area contributed by atoms with E-state index in [2.05, 4.69) is 23.7 Å². The number of fused-ring (bicyclic) bond motifs is 1. The molecule has 1 aromatic heterocycles. The molecule has 0 unspecified atom stereocenters. The van der Waals surface area contributed by atoms with Crippen molar-refractivity contribution < 1.29 is 17.9 Å². The molecule has 0 saturated carbocycles. The Labute approximate surface area is 154 Å². The SMILES string of the molecule is CC(C)COc1ccc(S(=O)(=O)NCCn2ncc3c2CCOC3)cc1. The fourth-order valence-electron chi connectivity index (χ4n) is 2.75. The van der Waals surface area contributed by atoms with Crippen LogP contribution in [0.3, 0.4) is 0 Å². The molecule has 0 atom stereocenters. The summed E-state index contributed by atoms with van der Waals surface area (Å²) in [7, 11) is -3.55. The first kappa shape index (κ1) is 18.9. The van der Waals surface area contributed by atoms with Gasteiger partial charge in [0.05, 0.1) is 37.5 Å². The zero-order valence-electron chi connectivity index (χ0n) is 15.1. The first-order valence-corrected chi connectivity index (χ1v) is 10.3. The molecule has 1 aromatic carbocycles. The van der Waals surface area contributed by atoms with E-state index in [0.717, 1.165) is 17.7 Å². The van der Waals surface area contributed by atoms with Crippen molar-refractivity contribution >= 4 is 10.0 Å². The van der Waals surface area contributed by atoms with Crippen LogP contribution in [-0.4, -0.2) is 38.0 Å². The van der Waals surface area contributed by atoms with Crippen molar-refractivity contribution in [3.05, 3.63) is 41.7 Å². The zero-order chi connectivity index (χ0) is 18.6. The highest BCUT2D eigenvalue weighted by Gasteiger charge is 2.17. The van der Waals surface area contributed by atoms with Crippen molar-refractivity contribution in [3.8, 4) is 5.75 Å². The fourth-order valence-corrected chi connectivity index (χ4v) is 3.77. The lowest BCUT2D eigenvalue weighted by Gasteiger charge is -2.15. The van der Waals surface area contributed by atoms with Crippen molar-refractivity contribution in [2.75, 3.05) is 19.8 Å². The van der Waals surface area contributed by atoms with E-state index in [9.17, 15) is 8.42 Å². The highest BCUT2D eigenvalue weighted by Crippen LogP contribution is 2.17. The van der Waals surface area contributed by atoms with Crippen LogP contribution in [0.4, 0.5) is 0 Å². The molecule has 1 aliphatic heterocycles. The molecule has 8 heteroatoms. The summed E-state index contributed by atoms with van der Waals surface area (Å²) in [4.78, 5) is 0.227. The highest BCUT2D eigenvalue weighted by molar-refractivity contribution is 7.89. The standard InChI is InChI=1S/C18H25N3O4S/c1-14(2)12-25-16-3-5-17(6-4-16)26(22,23)20-8-9-21-18-7-10-24-13-15(18)11-19-21/h3-6,11,14,20H,7-10,12-13H2,1-2H3. The minimum absolute atomic E-state index is 0.227. The number of aromatic nitrogens is 2. The molecule has 0 radical (unpaired) electrons. The van der Waals surface area contributed by atoms with E-state index >= 15 is 0 Å². The Hall–Kier alpha value is -1.90. The predicted molar refractivity (Wildman–Crippen MR) is 97.6 cm³/mol. The summed E-state index contributed by atoms with van der Waals surface area (Å²) in [5.41, 5.74) is 2.21. The van der Waals surface area contributed by atoms with E-state index in [4.69, 9.17) is 9.47 Å². The zero-order valence-corrected chi connectivity index (χ0v) is 16.0. The third-order valence-electron chi connectivity index (χ3n) is 4.11. The van der Waals surface area contributed by atoms with Gasteiger partial charge >= 0.3 is 0 Å². The van der Waals surface area contributed by atoms with Gasteiger partial charge in [-0.1, -0.05) is 13.8 Å². The molecule has 1 N–H and O–H groups in total. The van der Waals surface area contributed by atoms with Crippen LogP contribution in [-0.2, 0) is 34.3 Å². The number of hydrogen-bond donors (Lipinski definition) is 1. The topological polar surface area (TPSA) is 82.5 Å². The normalized spacial score (nSPS) is 14.4. The van der Waals surface area contributed by atoms with Crippen molar-refractivity contribution in [3.63, 3.8) is 0 Å². The molecule has 7 nitrogen and oxygen atoms in total. The second kappa shape index (κ2) is 8.20. The average Bonchev–Trinajstić information content (AvgIpc) is 3.03. The van der Waals surface area contributed by atoms with Gasteiger partial charge in [-0.3, -0.25) is 4.68 Å². The molecule has 0 fully saturated rings. The largest absolute Gasteiger partial charge is 0.493 e. The molecule has 1 aliphatic rings. The molecule has 2 aromatic rings. The van der Waals surface area contributed by atoms with Crippen molar-refractivity contribution in [2.45, 2.75) is 38.3 Å². The molecule has 26 heavy (non-hydrogen) atoms. The highest BCUT2D eigenvalue weighted by atomic mass is 32.2. The second-order valence-corrected chi connectivity index (χ2v) is 8.48. The van der Waals surface area contributed by atoms with E-state index in [1.54, 1.807) is 30.5 Å². The lowest BCUT2D eigenvalue weighted by Crippen LogP contribution is -2.28. The smallest absolute Gasteiger partial charge is 0.240 e. The number of rotatable bonds is 8. The fraction of sp³-hybridized carbons (Fsp3) is 0.500. The van der Waals surface area contributed by atoms with Gasteiger partial charge in [0.25, 0.3) is 0 Å². The minimum Gasteiger partial charge on any atom is -0.493 e. The maximum Gasteiger partial charge on any atom is 0.240 e. The number of sulfonamides is 1. The predicted octanol–water partition coefficient (Wildman–Crippen LogP) is 1.97. The number of hydrogen-bond acceptors (Lipinski definition) is 5. The molecule has 2 heterocycles. The molecule has 3 rings (SSSR count). The quantitative estimate of drug-likeness (QED) is 0.758. The van der Waals surface area contributed by atoms with Crippen LogP contribution in [0, 0.1) is 5.92 Å². The Bertz CT molecular complexity index is 829. The summed E-state index contributed by atoms with van der Waals surface area (Å²) in [5.74, 6) is 1.09. The molecule has 0 aliphatic carbocycles. The van der Waals surface area contributed by atoms with Crippen LogP contribution in [0.1, 0.15) is 25.1 Å². The Morgan fingerprint density at radius 3 is 2.81 bits per heavy atom. The van der Waals surface area contributed by atoms with Crippen molar-refractivity contribution in [2.24, 2.45) is 5.92 Å². The number of benzene rings is 1. The van der Waals surface area contributed by atoms with Crippen molar-refractivity contribution in [1.82, 2.24) is 14.5 Å². The van der Waals surface area contributed by atoms with E-state index in [1.807, 2.05) is 4.68 Å². The first-order chi connectivity index (χ1) is 12.5. The van der Waals surface area contributed by atoms with E-state index in [1.165, 1.54) is 0 Å². The molecule has 0 saturated heterocycles. The van der Waals surface area contributed by atoms with Gasteiger partial charge < -0.3 is 9.47 Å². The van der Waals surface area contributed by atoms with Gasteiger partial charge in [-0.15, -0.1) is 0 Å². The summed E-state index contributed by atoms with van der Waals surface area (Å²) in [6.45, 7) is 6.75. The van der Waals surface area contributed by atoms with Gasteiger partial charge in [0.1, 0.15) is 5.75 Å². The third kappa shape index (κ3) is 4.63. The summed E-state index contributed by atoms with van der Waals surface area (Å²) in [6.07, 6.45) is 2.60. The van der Waals surface area contributed by atoms with Crippen LogP contribution in [0.25, 0.3) is 0 Å². The number of nitrogens with zero attached hydrogens (tertiary/aromatic N) is 2. The Morgan fingerprint density at radius 2 is 2.08 bits per heavy atom. The Kier molecular flexibility index (Phi) is 5.95. The van der Waals surface area contributed by atoms with Crippen molar-refractivity contribution in [1.29, 1.82) is 0 Å². The van der Waals surface area contributed by atoms with E-state index in [0.29, 0.717) is 38.0 Å². The molecular weight excluding hydrogens is 354 g/mol. The Morgan fingerprint density at radius 1 is 1.31 bits per heavy atom. The van der Waals surface area contributed by atoms with E-state index in [-0.39, 0.29) is 11.4 Å². The van der Waals surface area contributed by atoms with Gasteiger partial charge in [-0.2, -0.15) is 5.10 Å². The summed E-state index contributed by atoms with van der Waals surface area (Å²) >= 11 is 0. The average molecular weight is 379 g/mol. The van der Waals surface area contributed by atoms with E-state index < -0.39 is 10.0 Å². The van der Waals surface area contributed by atoms with Crippen LogP contribution < -0.4 is 9.46 Å². The molecular formula is C18H25N3O4S. The molecule has 0 amide bonds. The summed E-state index contributed by atoms with van der Waals surface area (Å²) in [6, 6.07) is 6.48.